The van der Waals surface area contributed by atoms with E-state index in [1.807, 2.05) is 0 Å². The molecule has 2 aromatic rings. The Morgan fingerprint density at radius 2 is 2.18 bits per heavy atom. The predicted molar refractivity (Wildman–Crippen MR) is 68.2 cm³/mol. The average Bonchev–Trinajstić information content (AvgIpc) is 2.53. The Balaban J connectivity index is 2.39. The minimum absolute atomic E-state index is 0.00678. The summed E-state index contributed by atoms with van der Waals surface area (Å²) in [6.45, 7) is 0. The Morgan fingerprint density at radius 3 is 2.82 bits per heavy atom. The van der Waals surface area contributed by atoms with Crippen molar-refractivity contribution < 1.29 is 12.8 Å². The molecule has 0 aliphatic heterocycles. The first-order valence-corrected chi connectivity index (χ1v) is 7.77. The van der Waals surface area contributed by atoms with Crippen molar-refractivity contribution in [3.63, 3.8) is 0 Å². The topological polar surface area (TPSA) is 80.1 Å². The molecule has 7 heteroatoms. The monoisotopic (exact) mass is 319 g/mol. The van der Waals surface area contributed by atoms with Crippen LogP contribution in [0.25, 0.3) is 11.1 Å². The number of hydrogen-bond acceptors (Lipinski definition) is 4. The Hall–Kier alpha value is -1.08. The first kappa shape index (κ1) is 12.4. The summed E-state index contributed by atoms with van der Waals surface area (Å²) in [4.78, 5) is 13.2. The summed E-state index contributed by atoms with van der Waals surface area (Å²) in [6, 6.07) is 5.09. The third kappa shape index (κ3) is 2.98. The number of sulfone groups is 1. The van der Waals surface area contributed by atoms with Gasteiger partial charge in [-0.1, -0.05) is 22.0 Å². The molecule has 1 aromatic heterocycles. The van der Waals surface area contributed by atoms with Gasteiger partial charge in [-0.05, 0) is 17.7 Å². The lowest BCUT2D eigenvalue weighted by atomic mass is 10.1. The molecule has 5 nitrogen and oxygen atoms in total. The minimum atomic E-state index is -3.07. The number of fused-ring (bicyclic) bond motifs is 1. The van der Waals surface area contributed by atoms with Crippen molar-refractivity contribution >= 4 is 36.9 Å². The Morgan fingerprint density at radius 1 is 1.47 bits per heavy atom. The summed E-state index contributed by atoms with van der Waals surface area (Å²) in [5.74, 6) is -0.529. The van der Waals surface area contributed by atoms with Crippen LogP contribution < -0.4 is 5.76 Å². The molecule has 2 rings (SSSR count). The van der Waals surface area contributed by atoms with Gasteiger partial charge in [-0.15, -0.1) is 0 Å². The van der Waals surface area contributed by atoms with Gasteiger partial charge in [-0.2, -0.15) is 0 Å². The maximum Gasteiger partial charge on any atom is 0.417 e. The Kier molecular flexibility index (Phi) is 3.13. The van der Waals surface area contributed by atoms with E-state index >= 15 is 0 Å². The number of H-pyrrole nitrogens is 1. The van der Waals surface area contributed by atoms with Crippen molar-refractivity contribution in [2.24, 2.45) is 0 Å². The number of halogens is 1. The van der Waals surface area contributed by atoms with Crippen LogP contribution in [0, 0.1) is 0 Å². The second kappa shape index (κ2) is 4.30. The smallest absolute Gasteiger partial charge is 0.408 e. The van der Waals surface area contributed by atoms with Crippen LogP contribution in [0.5, 0.6) is 0 Å². The molecule has 0 saturated heterocycles. The van der Waals surface area contributed by atoms with Crippen molar-refractivity contribution in [1.82, 2.24) is 4.98 Å². The maximum absolute atomic E-state index is 11.2. The van der Waals surface area contributed by atoms with Gasteiger partial charge in [0.05, 0.1) is 16.1 Å². The maximum atomic E-state index is 11.2. The molecule has 0 bridgehead atoms. The summed E-state index contributed by atoms with van der Waals surface area (Å²) in [6.07, 6.45) is 1.18. The molecule has 1 heterocycles. The van der Waals surface area contributed by atoms with E-state index in [0.717, 1.165) is 5.56 Å². The van der Waals surface area contributed by atoms with Gasteiger partial charge in [-0.3, -0.25) is 4.98 Å². The molecule has 0 saturated carbocycles. The molecule has 0 spiro atoms. The molecule has 1 atom stereocenters. The molecule has 1 unspecified atom stereocenters. The number of hydrogen-bond donors (Lipinski definition) is 1. The van der Waals surface area contributed by atoms with Crippen molar-refractivity contribution in [2.75, 3.05) is 12.0 Å². The van der Waals surface area contributed by atoms with Crippen molar-refractivity contribution in [2.45, 2.75) is 4.83 Å². The number of alkyl halides is 1. The fraction of sp³-hybridized carbons (Fsp3) is 0.300. The first-order valence-electron chi connectivity index (χ1n) is 4.80. The third-order valence-corrected chi connectivity index (χ3v) is 4.48. The van der Waals surface area contributed by atoms with Crippen LogP contribution in [0.2, 0.25) is 0 Å². The van der Waals surface area contributed by atoms with Gasteiger partial charge in [0.25, 0.3) is 0 Å². The summed E-state index contributed by atoms with van der Waals surface area (Å²) >= 11 is 3.31. The molecular formula is C10H10BrNO4S. The van der Waals surface area contributed by atoms with E-state index in [4.69, 9.17) is 4.42 Å². The van der Waals surface area contributed by atoms with Crippen LogP contribution in [0.1, 0.15) is 10.4 Å². The number of aromatic amines is 1. The van der Waals surface area contributed by atoms with Crippen LogP contribution in [0.3, 0.4) is 0 Å². The largest absolute Gasteiger partial charge is 0.417 e. The SMILES string of the molecule is CS(=O)(=O)CC(Br)c1ccc2[nH]c(=O)oc2c1. The van der Waals surface area contributed by atoms with E-state index in [9.17, 15) is 13.2 Å². The summed E-state index contributed by atoms with van der Waals surface area (Å²) in [5.41, 5.74) is 1.77. The molecule has 0 radical (unpaired) electrons. The van der Waals surface area contributed by atoms with E-state index in [-0.39, 0.29) is 10.6 Å². The Bertz CT molecular complexity index is 700. The fourth-order valence-corrected chi connectivity index (χ4v) is 3.97. The molecule has 92 valence electrons. The van der Waals surface area contributed by atoms with Crippen molar-refractivity contribution in [1.29, 1.82) is 0 Å². The highest BCUT2D eigenvalue weighted by Crippen LogP contribution is 2.26. The zero-order valence-electron chi connectivity index (χ0n) is 8.94. The quantitative estimate of drug-likeness (QED) is 0.871. The zero-order valence-corrected chi connectivity index (χ0v) is 11.3. The molecule has 0 amide bonds. The van der Waals surface area contributed by atoms with Crippen LogP contribution in [0.15, 0.2) is 27.4 Å². The van der Waals surface area contributed by atoms with Crippen LogP contribution in [0.4, 0.5) is 0 Å². The van der Waals surface area contributed by atoms with E-state index in [1.165, 1.54) is 6.26 Å². The lowest BCUT2D eigenvalue weighted by Gasteiger charge is -2.08. The van der Waals surface area contributed by atoms with Crippen molar-refractivity contribution in [3.05, 3.63) is 34.3 Å². The second-order valence-corrected chi connectivity index (χ2v) is 7.12. The highest BCUT2D eigenvalue weighted by atomic mass is 79.9. The van der Waals surface area contributed by atoms with Crippen LogP contribution in [-0.4, -0.2) is 25.4 Å². The minimum Gasteiger partial charge on any atom is -0.408 e. The molecule has 1 aromatic carbocycles. The van der Waals surface area contributed by atoms with Crippen LogP contribution >= 0.6 is 15.9 Å². The van der Waals surface area contributed by atoms with Gasteiger partial charge < -0.3 is 4.42 Å². The Labute approximate surface area is 106 Å². The zero-order chi connectivity index (χ0) is 12.6. The van der Waals surface area contributed by atoms with Gasteiger partial charge in [0.2, 0.25) is 0 Å². The molecule has 0 aliphatic carbocycles. The van der Waals surface area contributed by atoms with Gasteiger partial charge in [0.15, 0.2) is 5.58 Å². The summed E-state index contributed by atoms with van der Waals surface area (Å²) in [7, 11) is -3.07. The molecule has 0 fully saturated rings. The van der Waals surface area contributed by atoms with E-state index in [1.54, 1.807) is 18.2 Å². The highest BCUT2D eigenvalue weighted by Gasteiger charge is 2.15. The van der Waals surface area contributed by atoms with Gasteiger partial charge in [-0.25, -0.2) is 13.2 Å². The summed E-state index contributed by atoms with van der Waals surface area (Å²) in [5, 5.41) is 0. The number of rotatable bonds is 3. The lowest BCUT2D eigenvalue weighted by molar-refractivity contribution is 0.555. The lowest BCUT2D eigenvalue weighted by Crippen LogP contribution is -2.08. The van der Waals surface area contributed by atoms with E-state index in [0.29, 0.717) is 11.1 Å². The number of oxazole rings is 1. The van der Waals surface area contributed by atoms with E-state index < -0.39 is 15.6 Å². The first-order chi connectivity index (χ1) is 7.85. The predicted octanol–water partition coefficient (Wildman–Crippen LogP) is 1.60. The standard InChI is InChI=1S/C10H10BrNO4S/c1-17(14,15)5-7(11)6-2-3-8-9(4-6)16-10(13)12-8/h2-4,7H,5H2,1H3,(H,12,13). The average molecular weight is 320 g/mol. The number of nitrogens with one attached hydrogen (secondary N) is 1. The highest BCUT2D eigenvalue weighted by molar-refractivity contribution is 9.09. The fourth-order valence-electron chi connectivity index (χ4n) is 1.52. The number of benzene rings is 1. The molecule has 0 aliphatic rings. The number of aromatic nitrogens is 1. The van der Waals surface area contributed by atoms with E-state index in [2.05, 4.69) is 20.9 Å². The summed E-state index contributed by atoms with van der Waals surface area (Å²) < 4.78 is 27.3. The third-order valence-electron chi connectivity index (χ3n) is 2.26. The van der Waals surface area contributed by atoms with Gasteiger partial charge in [0, 0.05) is 6.26 Å². The molecule has 1 N–H and O–H groups in total. The van der Waals surface area contributed by atoms with Crippen molar-refractivity contribution in [3.8, 4) is 0 Å². The molecule has 17 heavy (non-hydrogen) atoms. The van der Waals surface area contributed by atoms with Gasteiger partial charge in [0.1, 0.15) is 9.84 Å². The van der Waals surface area contributed by atoms with Gasteiger partial charge >= 0.3 is 5.76 Å². The second-order valence-electron chi connectivity index (χ2n) is 3.83. The van der Waals surface area contributed by atoms with Crippen LogP contribution in [-0.2, 0) is 9.84 Å². The molecular weight excluding hydrogens is 310 g/mol. The normalized spacial score (nSPS) is 14.0.